The molecule has 0 aliphatic heterocycles. The summed E-state index contributed by atoms with van der Waals surface area (Å²) >= 11 is 5.69. The number of ether oxygens (including phenoxy) is 1. The van der Waals surface area contributed by atoms with Crippen LogP contribution >= 0.6 is 18.5 Å². The van der Waals surface area contributed by atoms with Gasteiger partial charge in [-0.1, -0.05) is 49.7 Å². The second-order valence-corrected chi connectivity index (χ2v) is 6.89. The van der Waals surface area contributed by atoms with Gasteiger partial charge in [-0.15, -0.1) is 0 Å². The fraction of sp³-hybridized carbons (Fsp3) is 0.533. The number of esters is 1. The number of rotatable bonds is 9. The van der Waals surface area contributed by atoms with Gasteiger partial charge in [0.05, 0.1) is 6.61 Å². The van der Waals surface area contributed by atoms with Gasteiger partial charge < -0.3 is 9.57 Å². The summed E-state index contributed by atoms with van der Waals surface area (Å²) in [7, 11) is -2.73. The molecular weight excluding hydrogens is 325 g/mol. The van der Waals surface area contributed by atoms with Crippen molar-refractivity contribution in [1.82, 2.24) is 4.83 Å². The summed E-state index contributed by atoms with van der Waals surface area (Å²) in [4.78, 5) is 18.5. The van der Waals surface area contributed by atoms with Crippen LogP contribution < -0.4 is 4.84 Å². The van der Waals surface area contributed by atoms with E-state index in [0.29, 0.717) is 18.3 Å². The quantitative estimate of drug-likeness (QED) is 0.379. The average molecular weight is 348 g/mol. The summed E-state index contributed by atoms with van der Waals surface area (Å²) < 4.78 is 17.0. The summed E-state index contributed by atoms with van der Waals surface area (Å²) in [5.41, 5.74) is 0. The average Bonchev–Trinajstić information content (AvgIpc) is 2.53. The van der Waals surface area contributed by atoms with E-state index >= 15 is 0 Å². The number of halogens is 1. The van der Waals surface area contributed by atoms with E-state index in [-0.39, 0.29) is 0 Å². The van der Waals surface area contributed by atoms with Crippen molar-refractivity contribution in [3.63, 3.8) is 0 Å². The van der Waals surface area contributed by atoms with Crippen LogP contribution in [-0.2, 0) is 14.1 Å². The van der Waals surface area contributed by atoms with Crippen molar-refractivity contribution in [3.05, 3.63) is 30.3 Å². The number of hydrogen-bond donors (Lipinski definition) is 0. The van der Waals surface area contributed by atoms with E-state index in [1.54, 1.807) is 31.2 Å². The first kappa shape index (κ1) is 19.0. The molecule has 7 heteroatoms. The fourth-order valence-electron chi connectivity index (χ4n) is 1.80. The second-order valence-electron chi connectivity index (χ2n) is 4.97. The highest BCUT2D eigenvalue weighted by Gasteiger charge is 2.29. The highest BCUT2D eigenvalue weighted by molar-refractivity contribution is 7.71. The van der Waals surface area contributed by atoms with Crippen molar-refractivity contribution < 1.29 is 18.9 Å². The van der Waals surface area contributed by atoms with Crippen LogP contribution in [0.25, 0.3) is 0 Å². The van der Waals surface area contributed by atoms with E-state index in [1.165, 1.54) is 0 Å². The molecule has 0 heterocycles. The number of carbonyl (C=O) groups is 1. The molecule has 1 aromatic carbocycles. The van der Waals surface area contributed by atoms with E-state index < -0.39 is 19.3 Å². The Bertz CT molecular complexity index is 482. The number of benzene rings is 1. The Labute approximate surface area is 137 Å². The molecule has 0 amide bonds. The van der Waals surface area contributed by atoms with E-state index in [2.05, 4.69) is 0 Å². The largest absolute Gasteiger partial charge is 0.464 e. The summed E-state index contributed by atoms with van der Waals surface area (Å²) in [6, 6.07) is 7.91. The molecule has 0 fully saturated rings. The lowest BCUT2D eigenvalue weighted by molar-refractivity contribution is -0.155. The van der Waals surface area contributed by atoms with E-state index in [1.807, 2.05) is 19.9 Å². The van der Waals surface area contributed by atoms with E-state index in [4.69, 9.17) is 20.8 Å². The van der Waals surface area contributed by atoms with Crippen LogP contribution in [0.15, 0.2) is 30.3 Å². The molecule has 0 saturated heterocycles. The summed E-state index contributed by atoms with van der Waals surface area (Å²) in [5, 5.41) is 0. The van der Waals surface area contributed by atoms with Gasteiger partial charge in [-0.25, -0.2) is 0 Å². The molecule has 1 aromatic rings. The first-order valence-electron chi connectivity index (χ1n) is 7.37. The van der Waals surface area contributed by atoms with Crippen molar-refractivity contribution in [2.24, 2.45) is 5.92 Å². The Hall–Kier alpha value is -1.03. The van der Waals surface area contributed by atoms with Crippen molar-refractivity contribution in [3.8, 4) is 5.75 Å². The molecule has 0 spiro atoms. The molecule has 22 heavy (non-hydrogen) atoms. The first-order chi connectivity index (χ1) is 10.5. The van der Waals surface area contributed by atoms with Gasteiger partial charge >= 0.3 is 5.97 Å². The van der Waals surface area contributed by atoms with Crippen LogP contribution in [0.4, 0.5) is 0 Å². The highest BCUT2D eigenvalue weighted by Crippen LogP contribution is 2.35. The standard InChI is InChI=1S/C15H23ClNO4P/c1-4-13(5-2)11-20-15(18)12(3)17(22(16)19)21-14-9-7-6-8-10-14/h6-10,12-13,22H,4-5,11H2,1-3H3/t12-/m0/s1. The molecule has 2 atom stereocenters. The van der Waals surface area contributed by atoms with Crippen molar-refractivity contribution in [1.29, 1.82) is 0 Å². The maximum Gasteiger partial charge on any atom is 0.327 e. The number of para-hydroxylation sites is 1. The zero-order valence-electron chi connectivity index (χ0n) is 13.1. The van der Waals surface area contributed by atoms with E-state index in [9.17, 15) is 9.36 Å². The van der Waals surface area contributed by atoms with Gasteiger partial charge in [0.25, 0.3) is 7.30 Å². The van der Waals surface area contributed by atoms with Crippen LogP contribution in [0.1, 0.15) is 33.6 Å². The lowest BCUT2D eigenvalue weighted by Gasteiger charge is -2.24. The molecule has 0 bridgehead atoms. The van der Waals surface area contributed by atoms with Gasteiger partial charge in [0, 0.05) is 0 Å². The van der Waals surface area contributed by atoms with Gasteiger partial charge in [-0.05, 0) is 36.2 Å². The zero-order chi connectivity index (χ0) is 16.5. The predicted octanol–water partition coefficient (Wildman–Crippen LogP) is 4.28. The third-order valence-electron chi connectivity index (χ3n) is 3.43. The molecule has 1 rings (SSSR count). The van der Waals surface area contributed by atoms with Gasteiger partial charge in [0.2, 0.25) is 0 Å². The molecule has 0 saturated carbocycles. The summed E-state index contributed by atoms with van der Waals surface area (Å²) in [5.74, 6) is 0.288. The first-order valence-corrected chi connectivity index (χ1v) is 9.74. The molecule has 1 unspecified atom stereocenters. The van der Waals surface area contributed by atoms with Gasteiger partial charge in [-0.2, -0.15) is 0 Å². The summed E-state index contributed by atoms with van der Waals surface area (Å²) in [6.07, 6.45) is 1.88. The molecule has 0 aliphatic carbocycles. The molecule has 124 valence electrons. The summed E-state index contributed by atoms with van der Waals surface area (Å²) in [6.45, 7) is 6.00. The third-order valence-corrected chi connectivity index (χ3v) is 4.75. The number of hydrogen-bond acceptors (Lipinski definition) is 4. The minimum atomic E-state index is -2.73. The molecule has 5 nitrogen and oxygen atoms in total. The second kappa shape index (κ2) is 9.88. The Kier molecular flexibility index (Phi) is 8.54. The van der Waals surface area contributed by atoms with Crippen molar-refractivity contribution in [2.45, 2.75) is 39.7 Å². The molecule has 0 N–H and O–H groups in total. The van der Waals surface area contributed by atoms with Gasteiger partial charge in [0.1, 0.15) is 11.8 Å². The Balaban J connectivity index is 2.66. The van der Waals surface area contributed by atoms with Crippen LogP contribution in [-0.4, -0.2) is 23.5 Å². The topological polar surface area (TPSA) is 55.8 Å². The lowest BCUT2D eigenvalue weighted by atomic mass is 10.1. The highest BCUT2D eigenvalue weighted by atomic mass is 35.7. The maximum atomic E-state index is 12.1. The maximum absolute atomic E-state index is 12.1. The Morgan fingerprint density at radius 1 is 1.27 bits per heavy atom. The Morgan fingerprint density at radius 3 is 2.36 bits per heavy atom. The predicted molar refractivity (Wildman–Crippen MR) is 88.3 cm³/mol. The number of carbonyl (C=O) groups excluding carboxylic acids is 1. The van der Waals surface area contributed by atoms with Crippen LogP contribution in [0.2, 0.25) is 0 Å². The minimum absolute atomic E-state index is 0.327. The Morgan fingerprint density at radius 2 is 1.86 bits per heavy atom. The monoisotopic (exact) mass is 347 g/mol. The van der Waals surface area contributed by atoms with Crippen LogP contribution in [0, 0.1) is 5.92 Å². The van der Waals surface area contributed by atoms with Crippen molar-refractivity contribution >= 4 is 24.5 Å². The number of hydroxylamine groups is 1. The van der Waals surface area contributed by atoms with Crippen LogP contribution in [0.5, 0.6) is 5.75 Å². The molecular formula is C15H23ClNO4P. The SMILES string of the molecule is CCC(CC)COC(=O)[C@H](C)N(Oc1ccccc1)[PH](=O)Cl. The van der Waals surface area contributed by atoms with Crippen LogP contribution in [0.3, 0.4) is 0 Å². The lowest BCUT2D eigenvalue weighted by Crippen LogP contribution is -2.37. The number of nitrogens with zero attached hydrogens (tertiary/aromatic N) is 1. The van der Waals surface area contributed by atoms with Gasteiger partial charge in [0.15, 0.2) is 0 Å². The molecule has 0 aromatic heterocycles. The normalized spacial score (nSPS) is 13.9. The minimum Gasteiger partial charge on any atom is -0.464 e. The molecule has 0 radical (unpaired) electrons. The van der Waals surface area contributed by atoms with E-state index in [0.717, 1.165) is 17.7 Å². The molecule has 0 aliphatic rings. The fourth-order valence-corrected chi connectivity index (χ4v) is 2.93. The third kappa shape index (κ3) is 5.99. The van der Waals surface area contributed by atoms with Crippen molar-refractivity contribution in [2.75, 3.05) is 6.61 Å². The zero-order valence-corrected chi connectivity index (χ0v) is 14.9. The smallest absolute Gasteiger partial charge is 0.327 e. The van der Waals surface area contributed by atoms with Gasteiger partial charge in [-0.3, -0.25) is 9.36 Å².